The van der Waals surface area contributed by atoms with E-state index < -0.39 is 53.8 Å². The summed E-state index contributed by atoms with van der Waals surface area (Å²) in [4.78, 5) is 109. The van der Waals surface area contributed by atoms with Crippen LogP contribution in [0.25, 0.3) is 0 Å². The van der Waals surface area contributed by atoms with Crippen LogP contribution in [0.4, 0.5) is 4.79 Å². The molecule has 7 amide bonds. The SMILES string of the molecule is CC(C)C[C@H](NC(=O)[C@H](Cc1ccccc1)C[C@@H](O)[C@H](Cc1ccccc1)NC(=O)c1ccc(C(=O)c2ccccc2)cc1)C(=O)N[C@@H](Cc1ccc(C(=O)c2ccccc2)cc1)C(=O)NCCCCCNC(=O)CCCCC1SCC2NC(=O)NC21. The molecule has 6 aromatic carbocycles. The van der Waals surface area contributed by atoms with Gasteiger partial charge in [-0.1, -0.05) is 178 Å². The highest BCUT2D eigenvalue weighted by Crippen LogP contribution is 2.33. The summed E-state index contributed by atoms with van der Waals surface area (Å²) in [6.07, 6.45) is 4.48. The Kier molecular flexibility index (Phi) is 24.4. The van der Waals surface area contributed by atoms with Crippen LogP contribution in [0.3, 0.4) is 0 Å². The van der Waals surface area contributed by atoms with Crippen molar-refractivity contribution in [3.8, 4) is 0 Å². The van der Waals surface area contributed by atoms with Crippen molar-refractivity contribution in [2.45, 2.75) is 132 Å². The molecule has 6 aromatic rings. The Labute approximate surface area is 514 Å². The maximum absolute atomic E-state index is 14.9. The third-order valence-corrected chi connectivity index (χ3v) is 17.5. The van der Waals surface area contributed by atoms with Crippen molar-refractivity contribution in [3.63, 3.8) is 0 Å². The van der Waals surface area contributed by atoms with E-state index in [9.17, 15) is 43.5 Å². The lowest BCUT2D eigenvalue weighted by Gasteiger charge is -2.29. The Bertz CT molecular complexity index is 3230. The highest BCUT2D eigenvalue weighted by molar-refractivity contribution is 8.00. The number of carbonyl (C=O) groups is 8. The van der Waals surface area contributed by atoms with Gasteiger partial charge >= 0.3 is 6.03 Å². The van der Waals surface area contributed by atoms with Crippen LogP contribution in [0.2, 0.25) is 0 Å². The Morgan fingerprint density at radius 2 is 1.03 bits per heavy atom. The predicted octanol–water partition coefficient (Wildman–Crippen LogP) is 8.49. The number of hydrogen-bond acceptors (Lipinski definition) is 10. The lowest BCUT2D eigenvalue weighted by atomic mass is 9.88. The lowest BCUT2D eigenvalue weighted by Crippen LogP contribution is -2.56. The molecule has 87 heavy (non-hydrogen) atoms. The summed E-state index contributed by atoms with van der Waals surface area (Å²) < 4.78 is 0. The molecule has 2 saturated heterocycles. The van der Waals surface area contributed by atoms with E-state index >= 15 is 0 Å². The number of nitrogens with one attached hydrogen (secondary N) is 7. The van der Waals surface area contributed by atoms with Gasteiger partial charge < -0.3 is 42.3 Å². The van der Waals surface area contributed by atoms with Crippen LogP contribution in [-0.4, -0.2) is 113 Å². The molecule has 17 heteroatoms. The lowest BCUT2D eigenvalue weighted by molar-refractivity contribution is -0.134. The average molecular weight is 1200 g/mol. The first-order chi connectivity index (χ1) is 42.2. The van der Waals surface area contributed by atoms with E-state index in [1.165, 1.54) is 0 Å². The molecule has 0 bridgehead atoms. The number of benzene rings is 6. The number of aliphatic hydroxyl groups excluding tert-OH is 1. The standard InChI is InChI=1S/C70H81N7O9S/c1-46(2)40-57(74-67(83)55(41-47-20-8-3-9-21-47)44-60(78)56(42-48-22-10-4-11-23-48)73-66(82)54-36-34-53(35-37-54)65(81)51-26-14-6-15-27-51)69(85)75-58(43-49-30-32-52(33-31-49)64(80)50-24-12-5-13-25-50)68(84)72-39-19-7-18-38-71-62(79)29-17-16-28-61-63-59(45-87-61)76-70(86)77-63/h3-6,8-15,20-27,30-37,46,55-61,63,78H,7,16-19,28-29,38-45H2,1-2H3,(H,71,79)(H,72,84)(H,73,82)(H,74,83)(H,75,85)(H2,76,77,86)/t55-,56+,57+,58+,59?,60-,61?,63?/m1/s1. The number of amides is 7. The van der Waals surface area contributed by atoms with Crippen LogP contribution in [0.1, 0.15) is 131 Å². The molecule has 0 spiro atoms. The number of urea groups is 1. The van der Waals surface area contributed by atoms with E-state index in [1.807, 2.05) is 98.4 Å². The van der Waals surface area contributed by atoms with Crippen molar-refractivity contribution in [1.29, 1.82) is 0 Å². The van der Waals surface area contributed by atoms with Crippen LogP contribution < -0.4 is 37.2 Å². The largest absolute Gasteiger partial charge is 0.391 e. The van der Waals surface area contributed by atoms with Gasteiger partial charge in [0.15, 0.2) is 11.6 Å². The fraction of sp³-hybridized carbons (Fsp3) is 0.371. The predicted molar refractivity (Wildman–Crippen MR) is 339 cm³/mol. The second kappa shape index (κ2) is 32.9. The van der Waals surface area contributed by atoms with E-state index in [0.717, 1.165) is 42.6 Å². The highest BCUT2D eigenvalue weighted by atomic mass is 32.2. The van der Waals surface area contributed by atoms with E-state index in [4.69, 9.17) is 0 Å². The summed E-state index contributed by atoms with van der Waals surface area (Å²) in [5, 5.41) is 33.6. The van der Waals surface area contributed by atoms with Crippen LogP contribution >= 0.6 is 11.8 Å². The van der Waals surface area contributed by atoms with Gasteiger partial charge in [0.2, 0.25) is 23.6 Å². The molecule has 8 N–H and O–H groups in total. The molecule has 2 fully saturated rings. The van der Waals surface area contributed by atoms with Crippen molar-refractivity contribution in [3.05, 3.63) is 214 Å². The smallest absolute Gasteiger partial charge is 0.315 e. The van der Waals surface area contributed by atoms with Crippen molar-refractivity contribution >= 4 is 58.9 Å². The first-order valence-electron chi connectivity index (χ1n) is 30.5. The first kappa shape index (κ1) is 64.6. The second-order valence-electron chi connectivity index (χ2n) is 23.1. The number of carbonyl (C=O) groups excluding carboxylic acids is 8. The average Bonchev–Trinajstić information content (AvgIpc) is 4.37. The topological polar surface area (TPSA) is 241 Å². The minimum atomic E-state index is -1.25. The zero-order valence-electron chi connectivity index (χ0n) is 49.6. The number of fused-ring (bicyclic) bond motifs is 1. The normalized spacial score (nSPS) is 16.8. The number of hydrogen-bond donors (Lipinski definition) is 8. The number of thioether (sulfide) groups is 1. The summed E-state index contributed by atoms with van der Waals surface area (Å²) in [6.45, 7) is 4.67. The molecule has 2 aliphatic rings. The minimum absolute atomic E-state index is 0.00379. The molecular formula is C70H81N7O9S. The van der Waals surface area contributed by atoms with E-state index in [-0.39, 0.29) is 79.2 Å². The van der Waals surface area contributed by atoms with Crippen LogP contribution in [0.15, 0.2) is 170 Å². The zero-order valence-corrected chi connectivity index (χ0v) is 50.4. The van der Waals surface area contributed by atoms with E-state index in [0.29, 0.717) is 65.4 Å². The molecule has 2 aliphatic heterocycles. The van der Waals surface area contributed by atoms with E-state index in [2.05, 4.69) is 37.2 Å². The van der Waals surface area contributed by atoms with Gasteiger partial charge in [0.05, 0.1) is 24.2 Å². The molecule has 0 aromatic heterocycles. The van der Waals surface area contributed by atoms with E-state index in [1.54, 1.807) is 97.1 Å². The fourth-order valence-corrected chi connectivity index (χ4v) is 12.7. The molecule has 0 aliphatic carbocycles. The molecular weight excluding hydrogens is 1110 g/mol. The van der Waals surface area contributed by atoms with Gasteiger partial charge in [0.1, 0.15) is 12.1 Å². The quantitative estimate of drug-likeness (QED) is 0.0111. The zero-order chi connectivity index (χ0) is 61.5. The van der Waals surface area contributed by atoms with Crippen molar-refractivity contribution < 1.29 is 43.5 Å². The van der Waals surface area contributed by atoms with Gasteiger partial charge in [-0.3, -0.25) is 33.6 Å². The molecule has 16 nitrogen and oxygen atoms in total. The van der Waals surface area contributed by atoms with Crippen molar-refractivity contribution in [2.75, 3.05) is 18.8 Å². The van der Waals surface area contributed by atoms with Crippen LogP contribution in [0.5, 0.6) is 0 Å². The Morgan fingerprint density at radius 3 is 1.63 bits per heavy atom. The Morgan fingerprint density at radius 1 is 0.517 bits per heavy atom. The van der Waals surface area contributed by atoms with Crippen LogP contribution in [-0.2, 0) is 38.4 Å². The van der Waals surface area contributed by atoms with Gasteiger partial charge in [0.25, 0.3) is 5.91 Å². The second-order valence-corrected chi connectivity index (χ2v) is 24.4. The van der Waals surface area contributed by atoms with Crippen molar-refractivity contribution in [1.82, 2.24) is 37.2 Å². The maximum atomic E-state index is 14.9. The molecule has 8 rings (SSSR count). The van der Waals surface area contributed by atoms with Gasteiger partial charge in [0, 0.05) is 70.7 Å². The minimum Gasteiger partial charge on any atom is -0.391 e. The highest BCUT2D eigenvalue weighted by Gasteiger charge is 2.42. The number of unbranched alkanes of at least 4 members (excludes halogenated alkanes) is 3. The molecule has 456 valence electrons. The first-order valence-corrected chi connectivity index (χ1v) is 31.5. The molecule has 2 heterocycles. The molecule has 0 saturated carbocycles. The molecule has 3 unspecified atom stereocenters. The summed E-state index contributed by atoms with van der Waals surface area (Å²) in [6, 6.07) is 47.0. The Hall–Kier alpha value is -8.41. The monoisotopic (exact) mass is 1200 g/mol. The number of rotatable bonds is 33. The maximum Gasteiger partial charge on any atom is 0.315 e. The number of aliphatic hydroxyl groups is 1. The summed E-state index contributed by atoms with van der Waals surface area (Å²) in [7, 11) is 0. The third-order valence-electron chi connectivity index (χ3n) is 16.0. The van der Waals surface area contributed by atoms with Gasteiger partial charge in [-0.2, -0.15) is 11.8 Å². The molecule has 0 radical (unpaired) electrons. The van der Waals surface area contributed by atoms with Crippen molar-refractivity contribution in [2.24, 2.45) is 11.8 Å². The molecule has 8 atom stereocenters. The van der Waals surface area contributed by atoms with Gasteiger partial charge in [-0.15, -0.1) is 0 Å². The number of ketones is 2. The third kappa shape index (κ3) is 19.8. The van der Waals surface area contributed by atoms with Crippen LogP contribution in [0, 0.1) is 11.8 Å². The summed E-state index contributed by atoms with van der Waals surface area (Å²) in [5.74, 6) is -2.36. The summed E-state index contributed by atoms with van der Waals surface area (Å²) >= 11 is 1.87. The fourth-order valence-electron chi connectivity index (χ4n) is 11.2. The summed E-state index contributed by atoms with van der Waals surface area (Å²) in [5.41, 5.74) is 4.57. The van der Waals surface area contributed by atoms with Gasteiger partial charge in [-0.05, 0) is 92.5 Å². The van der Waals surface area contributed by atoms with Gasteiger partial charge in [-0.25, -0.2) is 4.79 Å². The Balaban J connectivity index is 0.910.